The lowest BCUT2D eigenvalue weighted by atomic mass is 10.2. The summed E-state index contributed by atoms with van der Waals surface area (Å²) < 4.78 is 5.68. The first-order chi connectivity index (χ1) is 11.4. The highest BCUT2D eigenvalue weighted by Gasteiger charge is 1.95. The topological polar surface area (TPSA) is 35.0 Å². The molecule has 3 nitrogen and oxygen atoms in total. The summed E-state index contributed by atoms with van der Waals surface area (Å²) >= 11 is 3.91. The molecule has 2 rings (SSSR count). The first kappa shape index (κ1) is 18.3. The maximum Gasteiger partial charge on any atom is 0.0557 e. The number of aryl methyl sites for hydroxylation is 2. The number of pyridine rings is 2. The number of rotatable bonds is 12. The SMILES string of the molecule is c1cc(CCSCCOCCSCCc2ccncc2)ccn1. The third-order valence-corrected chi connectivity index (χ3v) is 5.21. The van der Waals surface area contributed by atoms with Gasteiger partial charge in [-0.15, -0.1) is 0 Å². The van der Waals surface area contributed by atoms with Gasteiger partial charge in [0, 0.05) is 36.3 Å². The van der Waals surface area contributed by atoms with Crippen LogP contribution in [-0.4, -0.2) is 46.2 Å². The summed E-state index contributed by atoms with van der Waals surface area (Å²) in [5.41, 5.74) is 2.72. The summed E-state index contributed by atoms with van der Waals surface area (Å²) in [5.74, 6) is 4.45. The lowest BCUT2D eigenvalue weighted by Crippen LogP contribution is -2.03. The average molecular weight is 349 g/mol. The van der Waals surface area contributed by atoms with Crippen molar-refractivity contribution in [2.75, 3.05) is 36.2 Å². The lowest BCUT2D eigenvalue weighted by Gasteiger charge is -2.05. The predicted octanol–water partition coefficient (Wildman–Crippen LogP) is 3.74. The average Bonchev–Trinajstić information content (AvgIpc) is 2.61. The fourth-order valence-electron chi connectivity index (χ4n) is 2.02. The van der Waals surface area contributed by atoms with Gasteiger partial charge < -0.3 is 4.74 Å². The summed E-state index contributed by atoms with van der Waals surface area (Å²) in [6, 6.07) is 8.33. The Balaban J connectivity index is 1.34. The molecule has 23 heavy (non-hydrogen) atoms. The zero-order chi connectivity index (χ0) is 16.0. The smallest absolute Gasteiger partial charge is 0.0557 e. The molecule has 0 radical (unpaired) electrons. The summed E-state index contributed by atoms with van der Waals surface area (Å²) in [6.07, 6.45) is 9.64. The summed E-state index contributed by atoms with van der Waals surface area (Å²) in [7, 11) is 0. The Labute approximate surface area is 147 Å². The third kappa shape index (κ3) is 8.98. The van der Waals surface area contributed by atoms with Crippen LogP contribution in [0.4, 0.5) is 0 Å². The maximum absolute atomic E-state index is 5.68. The highest BCUT2D eigenvalue weighted by molar-refractivity contribution is 7.99. The van der Waals surface area contributed by atoms with E-state index in [1.54, 1.807) is 0 Å². The van der Waals surface area contributed by atoms with Crippen molar-refractivity contribution < 1.29 is 4.74 Å². The Morgan fingerprint density at radius 2 is 1.09 bits per heavy atom. The van der Waals surface area contributed by atoms with Gasteiger partial charge in [0.1, 0.15) is 0 Å². The number of thioether (sulfide) groups is 2. The highest BCUT2D eigenvalue weighted by Crippen LogP contribution is 2.08. The van der Waals surface area contributed by atoms with E-state index in [0.29, 0.717) is 0 Å². The molecule has 5 heteroatoms. The van der Waals surface area contributed by atoms with Crippen LogP contribution in [0.3, 0.4) is 0 Å². The number of hydrogen-bond acceptors (Lipinski definition) is 5. The van der Waals surface area contributed by atoms with Crippen LogP contribution in [0.2, 0.25) is 0 Å². The van der Waals surface area contributed by atoms with Crippen LogP contribution in [0.1, 0.15) is 11.1 Å². The molecule has 0 N–H and O–H groups in total. The van der Waals surface area contributed by atoms with Crippen LogP contribution < -0.4 is 0 Å². The van der Waals surface area contributed by atoms with E-state index in [2.05, 4.69) is 34.2 Å². The summed E-state index contributed by atoms with van der Waals surface area (Å²) in [6.45, 7) is 1.71. The number of nitrogens with zero attached hydrogens (tertiary/aromatic N) is 2. The fraction of sp³-hybridized carbons (Fsp3) is 0.444. The molecule has 2 heterocycles. The van der Waals surface area contributed by atoms with Crippen molar-refractivity contribution in [3.8, 4) is 0 Å². The van der Waals surface area contributed by atoms with Crippen LogP contribution in [0.5, 0.6) is 0 Å². The first-order valence-corrected chi connectivity index (χ1v) is 10.3. The number of aromatic nitrogens is 2. The Morgan fingerprint density at radius 3 is 1.52 bits per heavy atom. The van der Waals surface area contributed by atoms with Gasteiger partial charge in [-0.2, -0.15) is 23.5 Å². The fourth-order valence-corrected chi connectivity index (χ4v) is 3.66. The molecule has 124 valence electrons. The molecule has 2 aromatic rings. The minimum absolute atomic E-state index is 0.853. The van der Waals surface area contributed by atoms with Crippen molar-refractivity contribution in [3.63, 3.8) is 0 Å². The molecule has 0 saturated carbocycles. The molecule has 0 aliphatic carbocycles. The van der Waals surface area contributed by atoms with Crippen LogP contribution in [0, 0.1) is 0 Å². The van der Waals surface area contributed by atoms with Gasteiger partial charge in [-0.1, -0.05) is 0 Å². The van der Waals surface area contributed by atoms with E-state index in [-0.39, 0.29) is 0 Å². The molecule has 0 aromatic carbocycles. The van der Waals surface area contributed by atoms with E-state index in [1.165, 1.54) is 11.1 Å². The van der Waals surface area contributed by atoms with Crippen molar-refractivity contribution in [2.24, 2.45) is 0 Å². The third-order valence-electron chi connectivity index (χ3n) is 3.31. The second-order valence-electron chi connectivity index (χ2n) is 5.05. The second kappa shape index (κ2) is 12.4. The Kier molecular flexibility index (Phi) is 9.86. The van der Waals surface area contributed by atoms with E-state index in [9.17, 15) is 0 Å². The van der Waals surface area contributed by atoms with E-state index in [1.807, 2.05) is 48.3 Å². The standard InChI is InChI=1S/C18H24N2OS2/c1-7-19-8-2-17(1)5-13-22-15-11-21-12-16-23-14-6-18-3-9-20-10-4-18/h1-4,7-10H,5-6,11-16H2. The number of hydrogen-bond donors (Lipinski definition) is 0. The van der Waals surface area contributed by atoms with Crippen molar-refractivity contribution >= 4 is 23.5 Å². The van der Waals surface area contributed by atoms with Gasteiger partial charge in [0.2, 0.25) is 0 Å². The Bertz CT molecular complexity index is 463. The van der Waals surface area contributed by atoms with Crippen molar-refractivity contribution in [3.05, 3.63) is 60.2 Å². The quantitative estimate of drug-likeness (QED) is 0.546. The molecule has 0 saturated heterocycles. The molecule has 2 aromatic heterocycles. The van der Waals surface area contributed by atoms with Crippen LogP contribution >= 0.6 is 23.5 Å². The Morgan fingerprint density at radius 1 is 0.652 bits per heavy atom. The molecule has 0 atom stereocenters. The molecule has 0 bridgehead atoms. The zero-order valence-electron chi connectivity index (χ0n) is 13.4. The lowest BCUT2D eigenvalue weighted by molar-refractivity contribution is 0.167. The van der Waals surface area contributed by atoms with Gasteiger partial charge in [0.15, 0.2) is 0 Å². The van der Waals surface area contributed by atoms with Crippen molar-refractivity contribution in [1.29, 1.82) is 0 Å². The zero-order valence-corrected chi connectivity index (χ0v) is 15.0. The largest absolute Gasteiger partial charge is 0.380 e. The van der Waals surface area contributed by atoms with Crippen molar-refractivity contribution in [1.82, 2.24) is 9.97 Å². The highest BCUT2D eigenvalue weighted by atomic mass is 32.2. The molecular formula is C18H24N2OS2. The first-order valence-electron chi connectivity index (χ1n) is 7.96. The monoisotopic (exact) mass is 348 g/mol. The summed E-state index contributed by atoms with van der Waals surface area (Å²) in [5, 5.41) is 0. The van der Waals surface area contributed by atoms with Crippen LogP contribution in [0.25, 0.3) is 0 Å². The van der Waals surface area contributed by atoms with Gasteiger partial charge in [0.25, 0.3) is 0 Å². The molecular weight excluding hydrogens is 324 g/mol. The van der Waals surface area contributed by atoms with Crippen LogP contribution in [0.15, 0.2) is 49.1 Å². The minimum atomic E-state index is 0.853. The van der Waals surface area contributed by atoms with E-state index in [0.717, 1.165) is 49.1 Å². The van der Waals surface area contributed by atoms with Gasteiger partial charge in [-0.25, -0.2) is 0 Å². The molecule has 0 amide bonds. The second-order valence-corrected chi connectivity index (χ2v) is 7.50. The minimum Gasteiger partial charge on any atom is -0.380 e. The molecule has 0 fully saturated rings. The number of ether oxygens (including phenoxy) is 1. The predicted molar refractivity (Wildman–Crippen MR) is 101 cm³/mol. The molecule has 0 spiro atoms. The Hall–Kier alpha value is -1.04. The van der Waals surface area contributed by atoms with Crippen molar-refractivity contribution in [2.45, 2.75) is 12.8 Å². The van der Waals surface area contributed by atoms with Crippen LogP contribution in [-0.2, 0) is 17.6 Å². The van der Waals surface area contributed by atoms with E-state index >= 15 is 0 Å². The van der Waals surface area contributed by atoms with Gasteiger partial charge in [-0.05, 0) is 59.7 Å². The molecule has 0 aliphatic heterocycles. The van der Waals surface area contributed by atoms with Gasteiger partial charge >= 0.3 is 0 Å². The van der Waals surface area contributed by atoms with Gasteiger partial charge in [-0.3, -0.25) is 9.97 Å². The molecule has 0 unspecified atom stereocenters. The summed E-state index contributed by atoms with van der Waals surface area (Å²) in [4.78, 5) is 8.06. The normalized spacial score (nSPS) is 10.8. The molecule has 0 aliphatic rings. The maximum atomic E-state index is 5.68. The van der Waals surface area contributed by atoms with Gasteiger partial charge in [0.05, 0.1) is 13.2 Å². The van der Waals surface area contributed by atoms with E-state index in [4.69, 9.17) is 4.74 Å². The van der Waals surface area contributed by atoms with E-state index < -0.39 is 0 Å².